The second kappa shape index (κ2) is 9.55. The van der Waals surface area contributed by atoms with Crippen molar-refractivity contribution in [1.29, 1.82) is 0 Å². The van der Waals surface area contributed by atoms with Gasteiger partial charge in [-0.15, -0.1) is 12.4 Å². The van der Waals surface area contributed by atoms with Gasteiger partial charge in [-0.2, -0.15) is 0 Å². The third-order valence-corrected chi connectivity index (χ3v) is 4.43. The highest BCUT2D eigenvalue weighted by Gasteiger charge is 2.18. The average Bonchev–Trinajstić information content (AvgIpc) is 2.61. The molecule has 0 spiro atoms. The van der Waals surface area contributed by atoms with Gasteiger partial charge in [0.05, 0.1) is 6.61 Å². The Hall–Kier alpha value is -1.71. The summed E-state index contributed by atoms with van der Waals surface area (Å²) in [4.78, 5) is 0. The van der Waals surface area contributed by atoms with Gasteiger partial charge in [0.15, 0.2) is 0 Å². The smallest absolute Gasteiger partial charge is 0.123 e. The van der Waals surface area contributed by atoms with Gasteiger partial charge < -0.3 is 15.2 Å². The molecular weight excluding hydrogens is 322 g/mol. The van der Waals surface area contributed by atoms with Crippen LogP contribution in [0.3, 0.4) is 0 Å². The Morgan fingerprint density at radius 2 is 1.50 bits per heavy atom. The molecule has 0 saturated heterocycles. The van der Waals surface area contributed by atoms with Gasteiger partial charge in [0.1, 0.15) is 18.1 Å². The number of rotatable bonds is 6. The van der Waals surface area contributed by atoms with Crippen molar-refractivity contribution >= 4 is 12.4 Å². The van der Waals surface area contributed by atoms with Crippen molar-refractivity contribution in [3.8, 4) is 11.5 Å². The summed E-state index contributed by atoms with van der Waals surface area (Å²) in [7, 11) is 0. The molecule has 4 heteroatoms. The fraction of sp³-hybridized carbons (Fsp3) is 0.400. The SMILES string of the molecule is Cl.NC1CCC(COc2cccc(OCc3ccccc3)c2)CC1. The molecule has 1 aliphatic rings. The van der Waals surface area contributed by atoms with E-state index >= 15 is 0 Å². The minimum absolute atomic E-state index is 0. The van der Waals surface area contributed by atoms with Gasteiger partial charge in [-0.25, -0.2) is 0 Å². The molecule has 0 heterocycles. The van der Waals surface area contributed by atoms with Crippen LogP contribution in [0.1, 0.15) is 31.2 Å². The summed E-state index contributed by atoms with van der Waals surface area (Å²) in [5.74, 6) is 2.35. The summed E-state index contributed by atoms with van der Waals surface area (Å²) in [5, 5.41) is 0. The second-order valence-corrected chi connectivity index (χ2v) is 6.34. The van der Waals surface area contributed by atoms with Crippen LogP contribution in [-0.4, -0.2) is 12.6 Å². The van der Waals surface area contributed by atoms with Crippen molar-refractivity contribution in [2.45, 2.75) is 38.3 Å². The highest BCUT2D eigenvalue weighted by molar-refractivity contribution is 5.85. The highest BCUT2D eigenvalue weighted by Crippen LogP contribution is 2.26. The Labute approximate surface area is 150 Å². The molecule has 0 radical (unpaired) electrons. The molecular formula is C20H26ClNO2. The van der Waals surface area contributed by atoms with E-state index in [1.54, 1.807) is 0 Å². The van der Waals surface area contributed by atoms with E-state index in [9.17, 15) is 0 Å². The van der Waals surface area contributed by atoms with Gasteiger partial charge in [-0.05, 0) is 49.3 Å². The zero-order chi connectivity index (χ0) is 15.9. The predicted octanol–water partition coefficient (Wildman–Crippen LogP) is 4.58. The maximum atomic E-state index is 5.95. The number of hydrogen-bond donors (Lipinski definition) is 1. The maximum absolute atomic E-state index is 5.95. The van der Waals surface area contributed by atoms with E-state index in [4.69, 9.17) is 15.2 Å². The largest absolute Gasteiger partial charge is 0.493 e. The first-order valence-electron chi connectivity index (χ1n) is 8.45. The molecule has 3 nitrogen and oxygen atoms in total. The summed E-state index contributed by atoms with van der Waals surface area (Å²) < 4.78 is 11.8. The zero-order valence-electron chi connectivity index (χ0n) is 13.9. The van der Waals surface area contributed by atoms with E-state index in [1.165, 1.54) is 12.8 Å². The summed E-state index contributed by atoms with van der Waals surface area (Å²) in [6, 6.07) is 18.5. The molecule has 0 atom stereocenters. The van der Waals surface area contributed by atoms with Crippen molar-refractivity contribution in [2.24, 2.45) is 11.7 Å². The molecule has 24 heavy (non-hydrogen) atoms. The van der Waals surface area contributed by atoms with E-state index in [2.05, 4.69) is 12.1 Å². The highest BCUT2D eigenvalue weighted by atomic mass is 35.5. The van der Waals surface area contributed by atoms with Crippen LogP contribution in [0.25, 0.3) is 0 Å². The molecule has 2 aromatic rings. The van der Waals surface area contributed by atoms with E-state index in [0.29, 0.717) is 18.6 Å². The van der Waals surface area contributed by atoms with Crippen molar-refractivity contribution in [2.75, 3.05) is 6.61 Å². The molecule has 2 aromatic carbocycles. The Morgan fingerprint density at radius 3 is 2.21 bits per heavy atom. The first-order chi connectivity index (χ1) is 11.3. The molecule has 1 fully saturated rings. The molecule has 1 saturated carbocycles. The summed E-state index contributed by atoms with van der Waals surface area (Å²) in [6.45, 7) is 1.35. The van der Waals surface area contributed by atoms with Crippen LogP contribution in [0.5, 0.6) is 11.5 Å². The molecule has 2 N–H and O–H groups in total. The zero-order valence-corrected chi connectivity index (χ0v) is 14.7. The quantitative estimate of drug-likeness (QED) is 0.831. The lowest BCUT2D eigenvalue weighted by Crippen LogP contribution is -2.28. The van der Waals surface area contributed by atoms with E-state index in [-0.39, 0.29) is 12.4 Å². The molecule has 0 aromatic heterocycles. The fourth-order valence-electron chi connectivity index (χ4n) is 2.96. The minimum atomic E-state index is 0. The molecule has 0 bridgehead atoms. The van der Waals surface area contributed by atoms with E-state index < -0.39 is 0 Å². The van der Waals surface area contributed by atoms with Gasteiger partial charge in [0.25, 0.3) is 0 Å². The summed E-state index contributed by atoms with van der Waals surface area (Å²) in [6.07, 6.45) is 4.58. The van der Waals surface area contributed by atoms with Crippen LogP contribution in [0.4, 0.5) is 0 Å². The Balaban J connectivity index is 0.00000208. The van der Waals surface area contributed by atoms with Gasteiger partial charge in [-0.3, -0.25) is 0 Å². The van der Waals surface area contributed by atoms with Crippen LogP contribution in [-0.2, 0) is 6.61 Å². The third-order valence-electron chi connectivity index (χ3n) is 4.43. The van der Waals surface area contributed by atoms with Crippen molar-refractivity contribution in [1.82, 2.24) is 0 Å². The first-order valence-corrected chi connectivity index (χ1v) is 8.45. The summed E-state index contributed by atoms with van der Waals surface area (Å²) in [5.41, 5.74) is 7.11. The maximum Gasteiger partial charge on any atom is 0.123 e. The standard InChI is InChI=1S/C20H25NO2.ClH/c21-18-11-9-17(10-12-18)15-23-20-8-4-7-19(13-20)22-14-16-5-2-1-3-6-16;/h1-8,13,17-18H,9-12,14-15,21H2;1H. The van der Waals surface area contributed by atoms with E-state index in [1.807, 2.05) is 42.5 Å². The van der Waals surface area contributed by atoms with Crippen molar-refractivity contribution in [3.63, 3.8) is 0 Å². The van der Waals surface area contributed by atoms with Gasteiger partial charge in [0, 0.05) is 12.1 Å². The Morgan fingerprint density at radius 1 is 0.833 bits per heavy atom. The predicted molar refractivity (Wildman–Crippen MR) is 99.9 cm³/mol. The molecule has 3 rings (SSSR count). The van der Waals surface area contributed by atoms with Crippen molar-refractivity contribution < 1.29 is 9.47 Å². The molecule has 130 valence electrons. The molecule has 0 unspecified atom stereocenters. The van der Waals surface area contributed by atoms with Gasteiger partial charge >= 0.3 is 0 Å². The molecule has 0 aliphatic heterocycles. The lowest BCUT2D eigenvalue weighted by atomic mass is 9.87. The minimum Gasteiger partial charge on any atom is -0.493 e. The number of hydrogen-bond acceptors (Lipinski definition) is 3. The van der Waals surface area contributed by atoms with Gasteiger partial charge in [-0.1, -0.05) is 36.4 Å². The number of nitrogens with two attached hydrogens (primary N) is 1. The average molecular weight is 348 g/mol. The Bertz CT molecular complexity index is 598. The number of halogens is 1. The van der Waals surface area contributed by atoms with E-state index in [0.717, 1.165) is 36.5 Å². The van der Waals surface area contributed by atoms with Crippen molar-refractivity contribution in [3.05, 3.63) is 60.2 Å². The first kappa shape index (κ1) is 18.6. The monoisotopic (exact) mass is 347 g/mol. The van der Waals surface area contributed by atoms with Crippen LogP contribution in [0.15, 0.2) is 54.6 Å². The molecule has 0 amide bonds. The summed E-state index contributed by atoms with van der Waals surface area (Å²) >= 11 is 0. The number of benzene rings is 2. The normalized spacial score (nSPS) is 20.0. The van der Waals surface area contributed by atoms with Crippen LogP contribution >= 0.6 is 12.4 Å². The second-order valence-electron chi connectivity index (χ2n) is 6.34. The van der Waals surface area contributed by atoms with Crippen LogP contribution < -0.4 is 15.2 Å². The van der Waals surface area contributed by atoms with Crippen LogP contribution in [0.2, 0.25) is 0 Å². The van der Waals surface area contributed by atoms with Crippen LogP contribution in [0, 0.1) is 5.92 Å². The number of ether oxygens (including phenoxy) is 2. The fourth-order valence-corrected chi connectivity index (χ4v) is 2.96. The Kier molecular flexibility index (Phi) is 7.41. The molecule has 1 aliphatic carbocycles. The lowest BCUT2D eigenvalue weighted by molar-refractivity contribution is 0.199. The van der Waals surface area contributed by atoms with Gasteiger partial charge in [0.2, 0.25) is 0 Å². The topological polar surface area (TPSA) is 44.5 Å². The lowest BCUT2D eigenvalue weighted by Gasteiger charge is -2.25. The third kappa shape index (κ3) is 5.73.